The zero-order valence-corrected chi connectivity index (χ0v) is 10.4. The predicted octanol–water partition coefficient (Wildman–Crippen LogP) is 1.15. The number of benzene rings is 1. The molecule has 1 aliphatic rings. The van der Waals surface area contributed by atoms with Crippen molar-refractivity contribution >= 4 is 15.7 Å². The summed E-state index contributed by atoms with van der Waals surface area (Å²) < 4.78 is 26.1. The predicted molar refractivity (Wildman–Crippen MR) is 65.1 cm³/mol. The molecule has 1 aliphatic carbocycles. The quantitative estimate of drug-likeness (QED) is 0.625. The van der Waals surface area contributed by atoms with Crippen LogP contribution in [0.25, 0.3) is 0 Å². The SMILES string of the molecule is CCN(C1CC1)S(=O)(=O)c1ccc(O)c(N)c1. The van der Waals surface area contributed by atoms with Crippen molar-refractivity contribution in [1.82, 2.24) is 4.31 Å². The van der Waals surface area contributed by atoms with E-state index in [4.69, 9.17) is 5.73 Å². The largest absolute Gasteiger partial charge is 0.506 e. The van der Waals surface area contributed by atoms with Crippen molar-refractivity contribution in [2.45, 2.75) is 30.7 Å². The Morgan fingerprint density at radius 3 is 2.59 bits per heavy atom. The molecule has 5 nitrogen and oxygen atoms in total. The first-order chi connectivity index (χ1) is 7.96. The molecule has 3 N–H and O–H groups in total. The summed E-state index contributed by atoms with van der Waals surface area (Å²) >= 11 is 0. The van der Waals surface area contributed by atoms with Gasteiger partial charge in [0.05, 0.1) is 10.6 Å². The number of nitrogens with zero attached hydrogens (tertiary/aromatic N) is 1. The normalized spacial score (nSPS) is 16.4. The number of phenols is 1. The van der Waals surface area contributed by atoms with Crippen LogP contribution in [0.5, 0.6) is 5.75 Å². The lowest BCUT2D eigenvalue weighted by Gasteiger charge is -2.20. The minimum atomic E-state index is -3.48. The van der Waals surface area contributed by atoms with Crippen molar-refractivity contribution < 1.29 is 13.5 Å². The molecule has 17 heavy (non-hydrogen) atoms. The molecule has 0 heterocycles. The van der Waals surface area contributed by atoms with Gasteiger partial charge >= 0.3 is 0 Å². The van der Waals surface area contributed by atoms with E-state index in [1.165, 1.54) is 22.5 Å². The van der Waals surface area contributed by atoms with Crippen LogP contribution in [0.4, 0.5) is 5.69 Å². The van der Waals surface area contributed by atoms with Gasteiger partial charge in [0.15, 0.2) is 0 Å². The molecule has 6 heteroatoms. The molecule has 0 radical (unpaired) electrons. The van der Waals surface area contributed by atoms with E-state index in [1.54, 1.807) is 0 Å². The van der Waals surface area contributed by atoms with Crippen LogP contribution >= 0.6 is 0 Å². The van der Waals surface area contributed by atoms with Gasteiger partial charge in [-0.05, 0) is 31.0 Å². The highest BCUT2D eigenvalue weighted by Gasteiger charge is 2.36. The van der Waals surface area contributed by atoms with Gasteiger partial charge in [-0.2, -0.15) is 4.31 Å². The standard InChI is InChI=1S/C11H16N2O3S/c1-2-13(8-3-4-8)17(15,16)9-5-6-11(14)10(12)7-9/h5-8,14H,2-4,12H2,1H3. The Bertz CT molecular complexity index is 524. The summed E-state index contributed by atoms with van der Waals surface area (Å²) in [6.45, 7) is 2.27. The highest BCUT2D eigenvalue weighted by atomic mass is 32.2. The summed E-state index contributed by atoms with van der Waals surface area (Å²) in [5.41, 5.74) is 5.60. The van der Waals surface area contributed by atoms with Gasteiger partial charge in [0, 0.05) is 12.6 Å². The Balaban J connectivity index is 2.39. The fourth-order valence-electron chi connectivity index (χ4n) is 1.82. The highest BCUT2D eigenvalue weighted by Crippen LogP contribution is 2.33. The number of nitrogen functional groups attached to an aromatic ring is 1. The maximum absolute atomic E-state index is 12.3. The molecule has 0 aromatic heterocycles. The van der Waals surface area contributed by atoms with E-state index in [2.05, 4.69) is 0 Å². The van der Waals surface area contributed by atoms with Gasteiger partial charge < -0.3 is 10.8 Å². The minimum Gasteiger partial charge on any atom is -0.506 e. The molecular weight excluding hydrogens is 240 g/mol. The van der Waals surface area contributed by atoms with Crippen molar-refractivity contribution in [2.75, 3.05) is 12.3 Å². The van der Waals surface area contributed by atoms with Gasteiger partial charge in [-0.3, -0.25) is 0 Å². The van der Waals surface area contributed by atoms with Gasteiger partial charge in [-0.1, -0.05) is 6.92 Å². The highest BCUT2D eigenvalue weighted by molar-refractivity contribution is 7.89. The Hall–Kier alpha value is -1.27. The molecule has 0 unspecified atom stereocenters. The number of sulfonamides is 1. The summed E-state index contributed by atoms with van der Waals surface area (Å²) in [5, 5.41) is 9.29. The van der Waals surface area contributed by atoms with Crippen molar-refractivity contribution in [3.63, 3.8) is 0 Å². The number of hydrogen-bond donors (Lipinski definition) is 2. The first-order valence-corrected chi connectivity index (χ1v) is 7.01. The van der Waals surface area contributed by atoms with Gasteiger partial charge in [0.25, 0.3) is 0 Å². The maximum atomic E-state index is 12.3. The van der Waals surface area contributed by atoms with Gasteiger partial charge in [0.2, 0.25) is 10.0 Å². The van der Waals surface area contributed by atoms with Crippen molar-refractivity contribution in [3.8, 4) is 5.75 Å². The minimum absolute atomic E-state index is 0.0814. The van der Waals surface area contributed by atoms with E-state index in [9.17, 15) is 13.5 Å². The molecule has 1 aromatic carbocycles. The first-order valence-electron chi connectivity index (χ1n) is 5.57. The van der Waals surface area contributed by atoms with E-state index < -0.39 is 10.0 Å². The summed E-state index contributed by atoms with van der Waals surface area (Å²) in [7, 11) is -3.48. The lowest BCUT2D eigenvalue weighted by molar-refractivity contribution is 0.421. The molecule has 0 amide bonds. The number of aromatic hydroxyl groups is 1. The molecule has 1 aromatic rings. The summed E-state index contributed by atoms with van der Waals surface area (Å²) in [6, 6.07) is 4.12. The van der Waals surface area contributed by atoms with Crippen LogP contribution in [0.15, 0.2) is 23.1 Å². The average molecular weight is 256 g/mol. The van der Waals surface area contributed by atoms with Gasteiger partial charge in [-0.25, -0.2) is 8.42 Å². The van der Waals surface area contributed by atoms with E-state index in [-0.39, 0.29) is 22.4 Å². The molecule has 1 fully saturated rings. The third-order valence-corrected chi connectivity index (χ3v) is 4.89. The first kappa shape index (κ1) is 12.2. The van der Waals surface area contributed by atoms with E-state index in [0.29, 0.717) is 6.54 Å². The monoisotopic (exact) mass is 256 g/mol. The maximum Gasteiger partial charge on any atom is 0.243 e. The van der Waals surface area contributed by atoms with E-state index >= 15 is 0 Å². The number of nitrogens with two attached hydrogens (primary N) is 1. The number of phenolic OH excluding ortho intramolecular Hbond substituents is 1. The molecule has 94 valence electrons. The molecular formula is C11H16N2O3S. The molecule has 0 atom stereocenters. The van der Waals surface area contributed by atoms with Crippen molar-refractivity contribution in [3.05, 3.63) is 18.2 Å². The second-order valence-electron chi connectivity index (χ2n) is 4.16. The second-order valence-corrected chi connectivity index (χ2v) is 6.05. The van der Waals surface area contributed by atoms with Crippen LogP contribution in [0.1, 0.15) is 19.8 Å². The smallest absolute Gasteiger partial charge is 0.243 e. The molecule has 0 spiro atoms. The zero-order chi connectivity index (χ0) is 12.6. The summed E-state index contributed by atoms with van der Waals surface area (Å²) in [6.07, 6.45) is 1.83. The topological polar surface area (TPSA) is 83.6 Å². The molecule has 2 rings (SSSR count). The zero-order valence-electron chi connectivity index (χ0n) is 9.63. The van der Waals surface area contributed by atoms with Gasteiger partial charge in [-0.15, -0.1) is 0 Å². The molecule has 0 saturated heterocycles. The van der Waals surface area contributed by atoms with Crippen LogP contribution in [-0.2, 0) is 10.0 Å². The van der Waals surface area contributed by atoms with Crippen molar-refractivity contribution in [2.24, 2.45) is 0 Å². The fourth-order valence-corrected chi connectivity index (χ4v) is 3.55. The summed E-state index contributed by atoms with van der Waals surface area (Å²) in [4.78, 5) is 0.140. The Kier molecular flexibility index (Phi) is 3.01. The second kappa shape index (κ2) is 4.19. The van der Waals surface area contributed by atoms with Crippen LogP contribution in [0.3, 0.4) is 0 Å². The third-order valence-electron chi connectivity index (χ3n) is 2.87. The Morgan fingerprint density at radius 2 is 2.12 bits per heavy atom. The fraction of sp³-hybridized carbons (Fsp3) is 0.455. The number of hydrogen-bond acceptors (Lipinski definition) is 4. The number of rotatable bonds is 4. The van der Waals surface area contributed by atoms with Crippen molar-refractivity contribution in [1.29, 1.82) is 0 Å². The van der Waals surface area contributed by atoms with Gasteiger partial charge in [0.1, 0.15) is 5.75 Å². The Morgan fingerprint density at radius 1 is 1.47 bits per heavy atom. The molecule has 1 saturated carbocycles. The lowest BCUT2D eigenvalue weighted by Crippen LogP contribution is -2.32. The number of anilines is 1. The van der Waals surface area contributed by atoms with Crippen LogP contribution < -0.4 is 5.73 Å². The van der Waals surface area contributed by atoms with E-state index in [0.717, 1.165) is 12.8 Å². The molecule has 0 bridgehead atoms. The van der Waals surface area contributed by atoms with Crippen LogP contribution in [0.2, 0.25) is 0 Å². The molecule has 0 aliphatic heterocycles. The Labute approximate surface area is 101 Å². The third kappa shape index (κ3) is 2.23. The van der Waals surface area contributed by atoms with E-state index in [1.807, 2.05) is 6.92 Å². The van der Waals surface area contributed by atoms with Crippen LogP contribution in [0, 0.1) is 0 Å². The van der Waals surface area contributed by atoms with Crippen LogP contribution in [-0.4, -0.2) is 30.4 Å². The summed E-state index contributed by atoms with van der Waals surface area (Å²) in [5.74, 6) is -0.0987. The lowest BCUT2D eigenvalue weighted by atomic mass is 10.3. The average Bonchev–Trinajstić information content (AvgIpc) is 3.07.